The van der Waals surface area contributed by atoms with E-state index in [4.69, 9.17) is 0 Å². The Balaban J connectivity index is 1.44. The van der Waals surface area contributed by atoms with Crippen molar-refractivity contribution in [3.8, 4) is 11.1 Å². The molecule has 0 bridgehead atoms. The Morgan fingerprint density at radius 2 is 0.822 bits per heavy atom. The summed E-state index contributed by atoms with van der Waals surface area (Å²) in [5.41, 5.74) is 7.08. The highest BCUT2D eigenvalue weighted by Crippen LogP contribution is 2.40. The maximum absolute atomic E-state index is 2.60. The summed E-state index contributed by atoms with van der Waals surface area (Å²) in [5.74, 6) is 0. The minimum atomic E-state index is -2.60. The van der Waals surface area contributed by atoms with Gasteiger partial charge >= 0.3 is 0 Å². The van der Waals surface area contributed by atoms with Crippen molar-refractivity contribution < 1.29 is 0 Å². The lowest BCUT2D eigenvalue weighted by Crippen LogP contribution is -2.74. The fourth-order valence-electron chi connectivity index (χ4n) is 6.65. The second-order valence-electron chi connectivity index (χ2n) is 11.5. The number of para-hydroxylation sites is 2. The third kappa shape index (κ3) is 5.41. The zero-order valence-corrected chi connectivity index (χ0v) is 26.4. The predicted octanol–water partition coefficient (Wildman–Crippen LogP) is 8.51. The van der Waals surface area contributed by atoms with Crippen LogP contribution in [-0.2, 0) is 0 Å². The normalized spacial score (nSPS) is 11.2. The van der Waals surface area contributed by atoms with E-state index in [2.05, 4.69) is 206 Å². The molecule has 0 amide bonds. The Morgan fingerprint density at radius 1 is 0.378 bits per heavy atom. The number of benzene rings is 7. The molecule has 45 heavy (non-hydrogen) atoms. The molecule has 0 aliphatic rings. The number of aryl methyl sites for hydroxylation is 1. The van der Waals surface area contributed by atoms with Crippen LogP contribution >= 0.6 is 0 Å². The highest BCUT2D eigenvalue weighted by molar-refractivity contribution is 7.19. The summed E-state index contributed by atoms with van der Waals surface area (Å²) in [7, 11) is -2.60. The van der Waals surface area contributed by atoms with Gasteiger partial charge in [0.1, 0.15) is 0 Å². The average Bonchev–Trinajstić information content (AvgIpc) is 3.12. The molecule has 0 heterocycles. The van der Waals surface area contributed by atoms with E-state index in [1.807, 2.05) is 0 Å². The van der Waals surface area contributed by atoms with Crippen LogP contribution in [0.3, 0.4) is 0 Å². The fraction of sp³-hybridized carbons (Fsp3) is 0.0233. The molecule has 1 nitrogen and oxygen atoms in total. The van der Waals surface area contributed by atoms with E-state index in [1.165, 1.54) is 37.4 Å². The number of anilines is 3. The Morgan fingerprint density at radius 3 is 1.36 bits per heavy atom. The maximum Gasteiger partial charge on any atom is 0.179 e. The molecule has 0 N–H and O–H groups in total. The third-order valence-electron chi connectivity index (χ3n) is 8.67. The first-order valence-corrected chi connectivity index (χ1v) is 17.5. The topological polar surface area (TPSA) is 3.24 Å². The standard InChI is InChI=1S/C43H35NSi/c1-34-17-16-18-35(33-34)42-27-14-15-28-43(42)44(36-19-6-2-7-20-36)37-29-31-41(32-30-37)45(38-21-8-3-9-22-38,39-23-10-4-11-24-39)40-25-12-5-13-26-40/h2-33H,1H3. The van der Waals surface area contributed by atoms with Crippen molar-refractivity contribution in [3.05, 3.63) is 200 Å². The summed E-state index contributed by atoms with van der Waals surface area (Å²) in [6.45, 7) is 2.15. The highest BCUT2D eigenvalue weighted by Gasteiger charge is 2.41. The molecule has 0 aromatic heterocycles. The van der Waals surface area contributed by atoms with Crippen molar-refractivity contribution in [3.63, 3.8) is 0 Å². The maximum atomic E-state index is 2.39. The van der Waals surface area contributed by atoms with E-state index in [0.717, 1.165) is 17.1 Å². The summed E-state index contributed by atoms with van der Waals surface area (Å²) in [6, 6.07) is 70.9. The predicted molar refractivity (Wildman–Crippen MR) is 195 cm³/mol. The highest BCUT2D eigenvalue weighted by atomic mass is 28.3. The van der Waals surface area contributed by atoms with Gasteiger partial charge in [-0.1, -0.05) is 169 Å². The molecule has 0 aliphatic heterocycles. The van der Waals surface area contributed by atoms with Crippen molar-refractivity contribution in [2.24, 2.45) is 0 Å². The molecular weight excluding hydrogens is 559 g/mol. The molecule has 0 radical (unpaired) electrons. The average molecular weight is 594 g/mol. The van der Waals surface area contributed by atoms with Crippen molar-refractivity contribution in [2.45, 2.75) is 6.92 Å². The Labute approximate surface area is 267 Å². The van der Waals surface area contributed by atoms with Crippen molar-refractivity contribution in [1.82, 2.24) is 0 Å². The minimum absolute atomic E-state index is 1.13. The smallest absolute Gasteiger partial charge is 0.179 e. The SMILES string of the molecule is Cc1cccc(-c2ccccc2N(c2ccccc2)c2ccc([Si](c3ccccc3)(c3ccccc3)c3ccccc3)cc2)c1. The molecule has 7 rings (SSSR count). The second kappa shape index (κ2) is 12.7. The van der Waals surface area contributed by atoms with Crippen molar-refractivity contribution >= 4 is 45.9 Å². The Bertz CT molecular complexity index is 1890. The van der Waals surface area contributed by atoms with Crippen LogP contribution in [0.1, 0.15) is 5.56 Å². The molecular formula is C43H35NSi. The van der Waals surface area contributed by atoms with E-state index in [1.54, 1.807) is 0 Å². The Kier molecular flexibility index (Phi) is 7.97. The minimum Gasteiger partial charge on any atom is -0.310 e. The first kappa shape index (κ1) is 28.3. The van der Waals surface area contributed by atoms with Gasteiger partial charge in [-0.25, -0.2) is 0 Å². The number of nitrogens with zero attached hydrogens (tertiary/aromatic N) is 1. The molecule has 7 aromatic carbocycles. The molecule has 0 fully saturated rings. The molecule has 0 spiro atoms. The monoisotopic (exact) mass is 593 g/mol. The van der Waals surface area contributed by atoms with Gasteiger partial charge in [-0.05, 0) is 63.6 Å². The van der Waals surface area contributed by atoms with Crippen LogP contribution in [-0.4, -0.2) is 8.07 Å². The summed E-state index contributed by atoms with van der Waals surface area (Å²) in [5, 5.41) is 5.48. The molecule has 0 unspecified atom stereocenters. The quantitative estimate of drug-likeness (QED) is 0.126. The van der Waals surface area contributed by atoms with Crippen LogP contribution in [0.25, 0.3) is 11.1 Å². The van der Waals surface area contributed by atoms with E-state index in [9.17, 15) is 0 Å². The van der Waals surface area contributed by atoms with E-state index >= 15 is 0 Å². The van der Waals surface area contributed by atoms with Gasteiger partial charge in [0.05, 0.1) is 5.69 Å². The zero-order chi connectivity index (χ0) is 30.5. The van der Waals surface area contributed by atoms with Gasteiger partial charge in [-0.15, -0.1) is 0 Å². The van der Waals surface area contributed by atoms with Gasteiger partial charge in [0, 0.05) is 16.9 Å². The fourth-order valence-corrected chi connectivity index (χ4v) is 11.4. The molecule has 7 aromatic rings. The van der Waals surface area contributed by atoms with Gasteiger partial charge in [-0.2, -0.15) is 0 Å². The summed E-state index contributed by atoms with van der Waals surface area (Å²) in [4.78, 5) is 2.39. The van der Waals surface area contributed by atoms with E-state index in [0.29, 0.717) is 0 Å². The first-order chi connectivity index (χ1) is 22.2. The van der Waals surface area contributed by atoms with Gasteiger partial charge in [-0.3, -0.25) is 0 Å². The van der Waals surface area contributed by atoms with E-state index in [-0.39, 0.29) is 0 Å². The second-order valence-corrected chi connectivity index (χ2v) is 15.3. The molecule has 0 atom stereocenters. The van der Waals surface area contributed by atoms with Gasteiger partial charge in [0.15, 0.2) is 8.07 Å². The lowest BCUT2D eigenvalue weighted by Gasteiger charge is -2.35. The number of hydrogen-bond acceptors (Lipinski definition) is 1. The number of hydrogen-bond donors (Lipinski definition) is 0. The van der Waals surface area contributed by atoms with Crippen LogP contribution in [0.15, 0.2) is 194 Å². The summed E-state index contributed by atoms with van der Waals surface area (Å²) < 4.78 is 0. The van der Waals surface area contributed by atoms with Crippen LogP contribution in [0.4, 0.5) is 17.1 Å². The van der Waals surface area contributed by atoms with Gasteiger partial charge < -0.3 is 4.90 Å². The van der Waals surface area contributed by atoms with Crippen LogP contribution in [0.2, 0.25) is 0 Å². The summed E-state index contributed by atoms with van der Waals surface area (Å²) >= 11 is 0. The van der Waals surface area contributed by atoms with E-state index < -0.39 is 8.07 Å². The lowest BCUT2D eigenvalue weighted by atomic mass is 10.0. The summed E-state index contributed by atoms with van der Waals surface area (Å²) in [6.07, 6.45) is 0. The van der Waals surface area contributed by atoms with Gasteiger partial charge in [0.25, 0.3) is 0 Å². The van der Waals surface area contributed by atoms with Crippen molar-refractivity contribution in [1.29, 1.82) is 0 Å². The van der Waals surface area contributed by atoms with Crippen LogP contribution in [0.5, 0.6) is 0 Å². The van der Waals surface area contributed by atoms with Crippen LogP contribution < -0.4 is 25.6 Å². The van der Waals surface area contributed by atoms with Crippen LogP contribution in [0, 0.1) is 6.92 Å². The first-order valence-electron chi connectivity index (χ1n) is 15.5. The zero-order valence-electron chi connectivity index (χ0n) is 25.4. The molecule has 216 valence electrons. The Hall–Kier alpha value is -5.44. The third-order valence-corrected chi connectivity index (χ3v) is 13.5. The van der Waals surface area contributed by atoms with Gasteiger partial charge in [0.2, 0.25) is 0 Å². The largest absolute Gasteiger partial charge is 0.310 e. The molecule has 0 saturated heterocycles. The molecule has 2 heteroatoms. The molecule has 0 aliphatic carbocycles. The molecule has 0 saturated carbocycles. The lowest BCUT2D eigenvalue weighted by molar-refractivity contribution is 1.28. The number of rotatable bonds is 8. The van der Waals surface area contributed by atoms with Crippen molar-refractivity contribution in [2.75, 3.05) is 4.90 Å².